The Hall–Kier alpha value is -0.410. The molecule has 5 heteroatoms. The van der Waals surface area contributed by atoms with Crippen LogP contribution in [0.5, 0.6) is 0 Å². The Morgan fingerprint density at radius 2 is 1.82 bits per heavy atom. The predicted molar refractivity (Wildman–Crippen MR) is 38.9 cm³/mol. The smallest absolute Gasteiger partial charge is 0.206 e. The summed E-state index contributed by atoms with van der Waals surface area (Å²) in [7, 11) is 0. The molecule has 0 unspecified atom stereocenters. The van der Waals surface area contributed by atoms with Gasteiger partial charge in [0.1, 0.15) is 10.2 Å². The van der Waals surface area contributed by atoms with Crippen molar-refractivity contribution in [3.8, 4) is 0 Å². The molecule has 0 atom stereocenters. The fourth-order valence-corrected chi connectivity index (χ4v) is 0.906. The second kappa shape index (κ2) is 2.91. The monoisotopic (exact) mass is 197 g/mol. The van der Waals surface area contributed by atoms with E-state index in [1.807, 2.05) is 0 Å². The van der Waals surface area contributed by atoms with Crippen molar-refractivity contribution in [2.75, 3.05) is 0 Å². The third kappa shape index (κ3) is 1.44. The molecule has 0 aliphatic rings. The van der Waals surface area contributed by atoms with Crippen molar-refractivity contribution in [1.82, 2.24) is 4.98 Å². The van der Waals surface area contributed by atoms with Crippen LogP contribution in [0.15, 0.2) is 0 Å². The quantitative estimate of drug-likeness (QED) is 0.584. The molecule has 0 aromatic carbocycles. The first-order chi connectivity index (χ1) is 5.04. The zero-order chi connectivity index (χ0) is 8.59. The van der Waals surface area contributed by atoms with E-state index in [4.69, 9.17) is 23.2 Å². The van der Waals surface area contributed by atoms with E-state index in [0.717, 1.165) is 0 Å². The van der Waals surface area contributed by atoms with Crippen LogP contribution in [0.1, 0.15) is 5.56 Å². The minimum absolute atomic E-state index is 0.0538. The van der Waals surface area contributed by atoms with E-state index in [2.05, 4.69) is 4.98 Å². The maximum Gasteiger partial charge on any atom is 0.236 e. The van der Waals surface area contributed by atoms with Gasteiger partial charge in [0.05, 0.1) is 0 Å². The van der Waals surface area contributed by atoms with Gasteiger partial charge in [0.15, 0.2) is 5.82 Å². The van der Waals surface area contributed by atoms with Crippen LogP contribution < -0.4 is 0 Å². The summed E-state index contributed by atoms with van der Waals surface area (Å²) in [6.45, 7) is 1.37. The summed E-state index contributed by atoms with van der Waals surface area (Å²) in [5.74, 6) is -1.94. The largest absolute Gasteiger partial charge is 0.236 e. The van der Waals surface area contributed by atoms with E-state index in [9.17, 15) is 8.78 Å². The van der Waals surface area contributed by atoms with Gasteiger partial charge in [-0.2, -0.15) is 4.39 Å². The molecule has 0 spiro atoms. The van der Waals surface area contributed by atoms with Crippen LogP contribution in [0.2, 0.25) is 10.2 Å². The van der Waals surface area contributed by atoms with Gasteiger partial charge in [0.2, 0.25) is 5.95 Å². The molecular formula is C6H3Cl2F2N. The average molecular weight is 198 g/mol. The number of aromatic nitrogens is 1. The van der Waals surface area contributed by atoms with Gasteiger partial charge in [-0.15, -0.1) is 0 Å². The third-order valence-electron chi connectivity index (χ3n) is 1.21. The van der Waals surface area contributed by atoms with Crippen molar-refractivity contribution >= 4 is 23.2 Å². The standard InChI is InChI=1S/C6H3Cl2F2N/c1-2-4(9)3(7)6(10)11-5(2)8/h1H3. The molecular weight excluding hydrogens is 195 g/mol. The summed E-state index contributed by atoms with van der Waals surface area (Å²) in [6, 6.07) is 0. The lowest BCUT2D eigenvalue weighted by Gasteiger charge is -2.00. The highest BCUT2D eigenvalue weighted by Gasteiger charge is 2.13. The normalized spacial score (nSPS) is 10.3. The number of halogens is 4. The number of nitrogens with zero attached hydrogens (tertiary/aromatic N) is 1. The maximum atomic E-state index is 12.8. The Morgan fingerprint density at radius 1 is 1.27 bits per heavy atom. The van der Waals surface area contributed by atoms with Crippen molar-refractivity contribution < 1.29 is 8.78 Å². The van der Waals surface area contributed by atoms with Crippen molar-refractivity contribution in [2.45, 2.75) is 6.92 Å². The molecule has 0 radical (unpaired) electrons. The number of hydrogen-bond acceptors (Lipinski definition) is 1. The van der Waals surface area contributed by atoms with Crippen molar-refractivity contribution in [1.29, 1.82) is 0 Å². The van der Waals surface area contributed by atoms with Gasteiger partial charge in [-0.05, 0) is 6.92 Å². The summed E-state index contributed by atoms with van der Waals surface area (Å²) >= 11 is 10.5. The topological polar surface area (TPSA) is 12.9 Å². The first-order valence-electron chi connectivity index (χ1n) is 2.70. The fraction of sp³-hybridized carbons (Fsp3) is 0.167. The molecule has 0 saturated heterocycles. The molecule has 0 bridgehead atoms. The molecule has 0 saturated carbocycles. The van der Waals surface area contributed by atoms with Gasteiger partial charge < -0.3 is 0 Å². The Bertz CT molecular complexity index is 275. The Kier molecular flexibility index (Phi) is 2.30. The van der Waals surface area contributed by atoms with Crippen LogP contribution in [-0.2, 0) is 0 Å². The molecule has 11 heavy (non-hydrogen) atoms. The molecule has 0 aliphatic heterocycles. The van der Waals surface area contributed by atoms with Gasteiger partial charge in [0.25, 0.3) is 0 Å². The molecule has 0 N–H and O–H groups in total. The highest BCUT2D eigenvalue weighted by atomic mass is 35.5. The molecule has 1 nitrogen and oxygen atoms in total. The van der Waals surface area contributed by atoms with Gasteiger partial charge in [-0.25, -0.2) is 9.37 Å². The van der Waals surface area contributed by atoms with E-state index in [-0.39, 0.29) is 10.7 Å². The average Bonchev–Trinajstić information content (AvgIpc) is 1.97. The highest BCUT2D eigenvalue weighted by molar-refractivity contribution is 6.32. The third-order valence-corrected chi connectivity index (χ3v) is 1.90. The second-order valence-electron chi connectivity index (χ2n) is 1.95. The lowest BCUT2D eigenvalue weighted by atomic mass is 10.3. The van der Waals surface area contributed by atoms with Crippen molar-refractivity contribution in [3.05, 3.63) is 27.5 Å². The minimum Gasteiger partial charge on any atom is -0.206 e. The maximum absolute atomic E-state index is 12.8. The first-order valence-corrected chi connectivity index (χ1v) is 3.46. The van der Waals surface area contributed by atoms with E-state index < -0.39 is 16.8 Å². The minimum atomic E-state index is -1.08. The SMILES string of the molecule is Cc1c(Cl)nc(F)c(Cl)c1F. The summed E-state index contributed by atoms with van der Waals surface area (Å²) in [5, 5.41) is -0.823. The predicted octanol–water partition coefficient (Wildman–Crippen LogP) is 2.98. The molecule has 1 aromatic rings. The number of rotatable bonds is 0. The van der Waals surface area contributed by atoms with E-state index in [1.54, 1.807) is 0 Å². The molecule has 1 heterocycles. The second-order valence-corrected chi connectivity index (χ2v) is 2.68. The van der Waals surface area contributed by atoms with E-state index in [1.165, 1.54) is 6.92 Å². The van der Waals surface area contributed by atoms with Crippen LogP contribution in [-0.4, -0.2) is 4.98 Å². The van der Waals surface area contributed by atoms with Crippen LogP contribution in [0.25, 0.3) is 0 Å². The van der Waals surface area contributed by atoms with Crippen LogP contribution in [0.3, 0.4) is 0 Å². The summed E-state index contributed by atoms with van der Waals surface area (Å²) < 4.78 is 25.2. The molecule has 1 aromatic heterocycles. The summed E-state index contributed by atoms with van der Waals surface area (Å²) in [4.78, 5) is 3.16. The van der Waals surface area contributed by atoms with Crippen LogP contribution >= 0.6 is 23.2 Å². The molecule has 1 rings (SSSR count). The Morgan fingerprint density at radius 3 is 2.36 bits per heavy atom. The van der Waals surface area contributed by atoms with Crippen LogP contribution in [0.4, 0.5) is 8.78 Å². The van der Waals surface area contributed by atoms with Gasteiger partial charge >= 0.3 is 0 Å². The molecule has 0 amide bonds. The summed E-state index contributed by atoms with van der Waals surface area (Å²) in [6.07, 6.45) is 0. The Labute approximate surface area is 72.0 Å². The van der Waals surface area contributed by atoms with Gasteiger partial charge in [-0.3, -0.25) is 0 Å². The van der Waals surface area contributed by atoms with Crippen molar-refractivity contribution in [3.63, 3.8) is 0 Å². The lowest BCUT2D eigenvalue weighted by Crippen LogP contribution is -1.94. The van der Waals surface area contributed by atoms with Gasteiger partial charge in [-0.1, -0.05) is 23.2 Å². The Balaban J connectivity index is 3.46. The van der Waals surface area contributed by atoms with Crippen molar-refractivity contribution in [2.24, 2.45) is 0 Å². The summed E-state index contributed by atoms with van der Waals surface area (Å²) in [5.41, 5.74) is 0.0538. The lowest BCUT2D eigenvalue weighted by molar-refractivity contribution is 0.548. The fourth-order valence-electron chi connectivity index (χ4n) is 0.565. The molecule has 60 valence electrons. The van der Waals surface area contributed by atoms with Crippen LogP contribution in [0, 0.1) is 18.7 Å². The highest BCUT2D eigenvalue weighted by Crippen LogP contribution is 2.24. The molecule has 0 fully saturated rings. The zero-order valence-corrected chi connectivity index (χ0v) is 6.97. The van der Waals surface area contributed by atoms with E-state index in [0.29, 0.717) is 0 Å². The first kappa shape index (κ1) is 8.68. The number of hydrogen-bond donors (Lipinski definition) is 0. The van der Waals surface area contributed by atoms with Gasteiger partial charge in [0, 0.05) is 5.56 Å². The molecule has 0 aliphatic carbocycles. The number of pyridine rings is 1. The zero-order valence-electron chi connectivity index (χ0n) is 5.46. The van der Waals surface area contributed by atoms with E-state index >= 15 is 0 Å².